The van der Waals surface area contributed by atoms with Crippen LogP contribution >= 0.6 is 11.8 Å². The van der Waals surface area contributed by atoms with E-state index in [-0.39, 0.29) is 17.3 Å². The zero-order valence-corrected chi connectivity index (χ0v) is 23.5. The lowest BCUT2D eigenvalue weighted by Crippen LogP contribution is -2.51. The first-order valence-electron chi connectivity index (χ1n) is 12.1. The number of rotatable bonds is 11. The number of halogens is 1. The number of carbonyl (C=O) groups excluding carboxylic acids is 2. The lowest BCUT2D eigenvalue weighted by atomic mass is 10.1. The van der Waals surface area contributed by atoms with Crippen molar-refractivity contribution >= 4 is 39.3 Å². The molecule has 2 amide bonds. The van der Waals surface area contributed by atoms with E-state index in [1.807, 2.05) is 13.2 Å². The maximum atomic E-state index is 13.8. The lowest BCUT2D eigenvalue weighted by Gasteiger charge is -2.32. The molecule has 38 heavy (non-hydrogen) atoms. The number of benzene rings is 3. The number of nitrogens with zero attached hydrogens (tertiary/aromatic N) is 2. The van der Waals surface area contributed by atoms with Crippen molar-refractivity contribution in [3.8, 4) is 0 Å². The fourth-order valence-corrected chi connectivity index (χ4v) is 5.63. The normalized spacial score (nSPS) is 12.0. The van der Waals surface area contributed by atoms with E-state index in [4.69, 9.17) is 0 Å². The summed E-state index contributed by atoms with van der Waals surface area (Å²) in [6, 6.07) is 18.0. The summed E-state index contributed by atoms with van der Waals surface area (Å²) in [4.78, 5) is 28.7. The smallest absolute Gasteiger partial charge is 0.264 e. The van der Waals surface area contributed by atoms with E-state index in [0.717, 1.165) is 14.8 Å². The minimum absolute atomic E-state index is 0.00161. The minimum atomic E-state index is -4.13. The topological polar surface area (TPSA) is 86.8 Å². The summed E-state index contributed by atoms with van der Waals surface area (Å²) in [7, 11) is -4.13. The zero-order chi connectivity index (χ0) is 27.9. The Balaban J connectivity index is 2.01. The van der Waals surface area contributed by atoms with Gasteiger partial charge in [-0.15, -0.1) is 11.8 Å². The molecule has 1 unspecified atom stereocenters. The zero-order valence-electron chi connectivity index (χ0n) is 21.8. The van der Waals surface area contributed by atoms with Crippen LogP contribution < -0.4 is 9.62 Å². The van der Waals surface area contributed by atoms with Crippen LogP contribution in [0.15, 0.2) is 82.6 Å². The maximum absolute atomic E-state index is 13.8. The Morgan fingerprint density at radius 1 is 0.974 bits per heavy atom. The minimum Gasteiger partial charge on any atom is -0.355 e. The van der Waals surface area contributed by atoms with Crippen LogP contribution in [-0.2, 0) is 26.2 Å². The molecule has 1 atom stereocenters. The van der Waals surface area contributed by atoms with Gasteiger partial charge in [0.1, 0.15) is 18.4 Å². The molecule has 1 N–H and O–H groups in total. The van der Waals surface area contributed by atoms with Gasteiger partial charge >= 0.3 is 0 Å². The molecule has 3 aromatic carbocycles. The number of likely N-dealkylation sites (N-methyl/N-ethyl adjacent to an activating group) is 1. The summed E-state index contributed by atoms with van der Waals surface area (Å²) >= 11 is 1.49. The number of hydrogen-bond acceptors (Lipinski definition) is 5. The molecular weight excluding hydrogens is 525 g/mol. The summed E-state index contributed by atoms with van der Waals surface area (Å²) in [6.45, 7) is 5.08. The van der Waals surface area contributed by atoms with E-state index < -0.39 is 34.3 Å². The molecule has 10 heteroatoms. The summed E-state index contributed by atoms with van der Waals surface area (Å²) in [5.74, 6) is -1.37. The molecule has 7 nitrogen and oxygen atoms in total. The third-order valence-electron chi connectivity index (χ3n) is 6.03. The van der Waals surface area contributed by atoms with Crippen molar-refractivity contribution in [2.45, 2.75) is 43.1 Å². The number of thioether (sulfide) groups is 1. The summed E-state index contributed by atoms with van der Waals surface area (Å²) < 4.78 is 42.1. The third kappa shape index (κ3) is 7.14. The second-order valence-corrected chi connectivity index (χ2v) is 11.5. The number of nitrogens with one attached hydrogen (secondary N) is 1. The number of aryl methyl sites for hydroxylation is 1. The number of carbonyl (C=O) groups is 2. The van der Waals surface area contributed by atoms with Gasteiger partial charge in [-0.25, -0.2) is 12.8 Å². The molecule has 0 radical (unpaired) electrons. The molecule has 202 valence electrons. The Labute approximate surface area is 228 Å². The summed E-state index contributed by atoms with van der Waals surface area (Å²) in [5, 5.41) is 2.71. The second kappa shape index (κ2) is 12.9. The van der Waals surface area contributed by atoms with E-state index in [1.54, 1.807) is 50.2 Å². The van der Waals surface area contributed by atoms with Gasteiger partial charge in [-0.2, -0.15) is 0 Å². The van der Waals surface area contributed by atoms with Crippen LogP contribution in [0.3, 0.4) is 0 Å². The largest absolute Gasteiger partial charge is 0.355 e. The number of sulfonamides is 1. The maximum Gasteiger partial charge on any atom is 0.264 e. The Morgan fingerprint density at radius 2 is 1.58 bits per heavy atom. The SMILES string of the molecule is CCNC(=O)C(C)N(Cc1ccc(F)cc1)C(=O)CN(c1ccc(C)cc1)S(=O)(=O)c1ccc(SC)cc1. The van der Waals surface area contributed by atoms with E-state index in [0.29, 0.717) is 17.8 Å². The van der Waals surface area contributed by atoms with Gasteiger partial charge in [0.15, 0.2) is 0 Å². The quantitative estimate of drug-likeness (QED) is 0.348. The predicted octanol–water partition coefficient (Wildman–Crippen LogP) is 4.60. The standard InChI is InChI=1S/C28H32FN3O4S2/c1-5-30-28(34)21(3)31(18-22-8-10-23(29)11-9-22)27(33)19-32(24-12-6-20(2)7-13-24)38(35,36)26-16-14-25(37-4)15-17-26/h6-17,21H,5,18-19H2,1-4H3,(H,30,34). The molecule has 0 heterocycles. The highest BCUT2D eigenvalue weighted by Gasteiger charge is 2.32. The monoisotopic (exact) mass is 557 g/mol. The van der Waals surface area contributed by atoms with Gasteiger partial charge in [0.25, 0.3) is 10.0 Å². The van der Waals surface area contributed by atoms with Crippen molar-refractivity contribution in [1.29, 1.82) is 0 Å². The Bertz CT molecular complexity index is 1350. The Morgan fingerprint density at radius 3 is 2.13 bits per heavy atom. The molecule has 0 bridgehead atoms. The molecule has 0 saturated heterocycles. The molecule has 0 saturated carbocycles. The number of hydrogen-bond donors (Lipinski definition) is 1. The molecule has 3 rings (SSSR count). The van der Waals surface area contributed by atoms with E-state index in [1.165, 1.54) is 53.1 Å². The fraction of sp³-hybridized carbons (Fsp3) is 0.286. The van der Waals surface area contributed by atoms with Crippen LogP contribution in [0.1, 0.15) is 25.0 Å². The van der Waals surface area contributed by atoms with Gasteiger partial charge in [0.05, 0.1) is 10.6 Å². The van der Waals surface area contributed by atoms with Crippen LogP contribution in [0.4, 0.5) is 10.1 Å². The molecule has 0 fully saturated rings. The van der Waals surface area contributed by atoms with Crippen molar-refractivity contribution in [2.24, 2.45) is 0 Å². The molecule has 0 aliphatic rings. The van der Waals surface area contributed by atoms with Gasteiger partial charge in [0.2, 0.25) is 11.8 Å². The van der Waals surface area contributed by atoms with E-state index in [9.17, 15) is 22.4 Å². The van der Waals surface area contributed by atoms with E-state index in [2.05, 4.69) is 5.32 Å². The number of amides is 2. The van der Waals surface area contributed by atoms with Crippen LogP contribution in [-0.4, -0.2) is 50.5 Å². The molecule has 0 aliphatic carbocycles. The van der Waals surface area contributed by atoms with E-state index >= 15 is 0 Å². The predicted molar refractivity (Wildman–Crippen MR) is 149 cm³/mol. The van der Waals surface area contributed by atoms with Crippen LogP contribution in [0.2, 0.25) is 0 Å². The Hall–Kier alpha value is -3.37. The first-order valence-corrected chi connectivity index (χ1v) is 14.8. The van der Waals surface area contributed by atoms with Crippen LogP contribution in [0.25, 0.3) is 0 Å². The average Bonchev–Trinajstić information content (AvgIpc) is 2.91. The first-order chi connectivity index (χ1) is 18.1. The molecule has 0 aromatic heterocycles. The summed E-state index contributed by atoms with van der Waals surface area (Å²) in [5.41, 5.74) is 1.86. The van der Waals surface area contributed by atoms with Crippen molar-refractivity contribution in [1.82, 2.24) is 10.2 Å². The van der Waals surface area contributed by atoms with Gasteiger partial charge in [-0.05, 0) is 81.1 Å². The second-order valence-electron chi connectivity index (χ2n) is 8.74. The summed E-state index contributed by atoms with van der Waals surface area (Å²) in [6.07, 6.45) is 1.90. The lowest BCUT2D eigenvalue weighted by molar-refractivity contribution is -0.139. The van der Waals surface area contributed by atoms with Gasteiger partial charge in [-0.1, -0.05) is 29.8 Å². The fourth-order valence-electron chi connectivity index (χ4n) is 3.81. The van der Waals surface area contributed by atoms with Crippen molar-refractivity contribution < 1.29 is 22.4 Å². The molecule has 0 aliphatic heterocycles. The van der Waals surface area contributed by atoms with Gasteiger partial charge in [0, 0.05) is 18.0 Å². The average molecular weight is 558 g/mol. The van der Waals surface area contributed by atoms with Gasteiger partial charge < -0.3 is 10.2 Å². The van der Waals surface area contributed by atoms with Crippen molar-refractivity contribution in [2.75, 3.05) is 23.7 Å². The Kier molecular flexibility index (Phi) is 9.93. The van der Waals surface area contributed by atoms with Crippen LogP contribution in [0, 0.1) is 12.7 Å². The van der Waals surface area contributed by atoms with Crippen molar-refractivity contribution in [3.05, 3.63) is 89.7 Å². The van der Waals surface area contributed by atoms with Gasteiger partial charge in [-0.3, -0.25) is 13.9 Å². The molecule has 0 spiro atoms. The number of anilines is 1. The van der Waals surface area contributed by atoms with Crippen LogP contribution in [0.5, 0.6) is 0 Å². The molecular formula is C28H32FN3O4S2. The van der Waals surface area contributed by atoms with Crippen molar-refractivity contribution in [3.63, 3.8) is 0 Å². The third-order valence-corrected chi connectivity index (χ3v) is 8.56. The highest BCUT2D eigenvalue weighted by molar-refractivity contribution is 7.98. The highest BCUT2D eigenvalue weighted by Crippen LogP contribution is 2.26. The first kappa shape index (κ1) is 29.2. The highest BCUT2D eigenvalue weighted by atomic mass is 32.2. The molecule has 3 aromatic rings.